The molecule has 0 atom stereocenters. The van der Waals surface area contributed by atoms with Crippen molar-refractivity contribution in [2.75, 3.05) is 38.1 Å². The highest BCUT2D eigenvalue weighted by atomic mass is 35.5. The second kappa shape index (κ2) is 5.50. The van der Waals surface area contributed by atoms with Crippen molar-refractivity contribution >= 4 is 34.7 Å². The summed E-state index contributed by atoms with van der Waals surface area (Å²) in [6.45, 7) is 3.17. The van der Waals surface area contributed by atoms with Crippen LogP contribution in [0.15, 0.2) is 27.4 Å². The van der Waals surface area contributed by atoms with Crippen LogP contribution in [0, 0.1) is 0 Å². The number of aldehydes is 1. The maximum atomic E-state index is 12.5. The third-order valence-electron chi connectivity index (χ3n) is 3.78. The van der Waals surface area contributed by atoms with Gasteiger partial charge in [0.15, 0.2) is 6.29 Å². The fourth-order valence-electron chi connectivity index (χ4n) is 2.52. The summed E-state index contributed by atoms with van der Waals surface area (Å²) < 4.78 is 5.81. The van der Waals surface area contributed by atoms with E-state index in [0.29, 0.717) is 28.2 Å². The Labute approximate surface area is 126 Å². The molecule has 0 amide bonds. The lowest BCUT2D eigenvalue weighted by atomic mass is 10.1. The summed E-state index contributed by atoms with van der Waals surface area (Å²) in [5, 5.41) is 0.779. The van der Waals surface area contributed by atoms with Gasteiger partial charge in [-0.1, -0.05) is 11.6 Å². The molecule has 5 nitrogen and oxygen atoms in total. The van der Waals surface area contributed by atoms with Crippen LogP contribution in [0.4, 0.5) is 5.88 Å². The number of carbonyl (C=O) groups is 1. The zero-order valence-corrected chi connectivity index (χ0v) is 12.4. The number of hydrogen-bond acceptors (Lipinski definition) is 5. The molecule has 0 spiro atoms. The van der Waals surface area contributed by atoms with E-state index in [4.69, 9.17) is 16.0 Å². The van der Waals surface area contributed by atoms with E-state index < -0.39 is 0 Å². The van der Waals surface area contributed by atoms with Crippen LogP contribution in [-0.4, -0.2) is 44.4 Å². The first-order chi connectivity index (χ1) is 10.1. The number of hydrogen-bond donors (Lipinski definition) is 0. The SMILES string of the molecule is CN1CCN(c2oc3ccc(Cl)cc3c(=O)c2C=O)CC1. The van der Waals surface area contributed by atoms with Crippen molar-refractivity contribution in [2.45, 2.75) is 0 Å². The molecule has 1 aliphatic heterocycles. The van der Waals surface area contributed by atoms with Crippen molar-refractivity contribution in [3.05, 3.63) is 39.0 Å². The second-order valence-corrected chi connectivity index (χ2v) is 5.64. The number of halogens is 1. The van der Waals surface area contributed by atoms with E-state index >= 15 is 0 Å². The Hall–Kier alpha value is -1.85. The Morgan fingerprint density at radius 2 is 1.95 bits per heavy atom. The van der Waals surface area contributed by atoms with E-state index in [0.717, 1.165) is 26.2 Å². The number of anilines is 1. The number of likely N-dealkylation sites (N-methyl/N-ethyl adjacent to an activating group) is 1. The quantitative estimate of drug-likeness (QED) is 0.795. The molecule has 3 rings (SSSR count). The van der Waals surface area contributed by atoms with Gasteiger partial charge >= 0.3 is 0 Å². The Bertz CT molecular complexity index is 748. The molecule has 1 aromatic heterocycles. The van der Waals surface area contributed by atoms with E-state index in [-0.39, 0.29) is 11.0 Å². The summed E-state index contributed by atoms with van der Waals surface area (Å²) in [5.74, 6) is 0.359. The normalized spacial score (nSPS) is 16.4. The maximum Gasteiger partial charge on any atom is 0.210 e. The summed E-state index contributed by atoms with van der Waals surface area (Å²) in [5.41, 5.74) is 0.181. The Morgan fingerprint density at radius 3 is 2.62 bits per heavy atom. The van der Waals surface area contributed by atoms with Crippen LogP contribution in [0.2, 0.25) is 5.02 Å². The smallest absolute Gasteiger partial charge is 0.210 e. The van der Waals surface area contributed by atoms with Gasteiger partial charge in [0.2, 0.25) is 11.3 Å². The lowest BCUT2D eigenvalue weighted by Crippen LogP contribution is -2.45. The molecule has 21 heavy (non-hydrogen) atoms. The first kappa shape index (κ1) is 14.1. The zero-order valence-electron chi connectivity index (χ0n) is 11.6. The maximum absolute atomic E-state index is 12.5. The molecular formula is C15H15ClN2O3. The first-order valence-corrected chi connectivity index (χ1v) is 7.13. The number of benzene rings is 1. The molecule has 0 N–H and O–H groups in total. The zero-order chi connectivity index (χ0) is 15.0. The molecule has 0 aliphatic carbocycles. The highest BCUT2D eigenvalue weighted by Gasteiger charge is 2.22. The average molecular weight is 307 g/mol. The number of rotatable bonds is 2. The Kier molecular flexibility index (Phi) is 3.69. The van der Waals surface area contributed by atoms with Gasteiger partial charge in [-0.15, -0.1) is 0 Å². The monoisotopic (exact) mass is 306 g/mol. The number of piperazine rings is 1. The predicted octanol–water partition coefficient (Wildman–Crippen LogP) is 2.01. The van der Waals surface area contributed by atoms with Crippen LogP contribution >= 0.6 is 11.6 Å². The Balaban J connectivity index is 2.16. The van der Waals surface area contributed by atoms with E-state index in [1.54, 1.807) is 12.1 Å². The molecule has 0 bridgehead atoms. The fraction of sp³-hybridized carbons (Fsp3) is 0.333. The van der Waals surface area contributed by atoms with Crippen LogP contribution in [0.5, 0.6) is 0 Å². The van der Waals surface area contributed by atoms with Crippen molar-refractivity contribution in [3.63, 3.8) is 0 Å². The van der Waals surface area contributed by atoms with Gasteiger partial charge in [0.1, 0.15) is 11.1 Å². The van der Waals surface area contributed by atoms with E-state index in [1.807, 2.05) is 11.9 Å². The highest BCUT2D eigenvalue weighted by Crippen LogP contribution is 2.25. The lowest BCUT2D eigenvalue weighted by Gasteiger charge is -2.33. The number of carbonyl (C=O) groups excluding carboxylic acids is 1. The van der Waals surface area contributed by atoms with E-state index in [2.05, 4.69) is 4.90 Å². The van der Waals surface area contributed by atoms with Crippen molar-refractivity contribution in [1.82, 2.24) is 4.90 Å². The van der Waals surface area contributed by atoms with Crippen LogP contribution < -0.4 is 10.3 Å². The second-order valence-electron chi connectivity index (χ2n) is 5.20. The van der Waals surface area contributed by atoms with Gasteiger partial charge in [-0.25, -0.2) is 0 Å². The summed E-state index contributed by atoms with van der Waals surface area (Å²) in [4.78, 5) is 27.9. The number of fused-ring (bicyclic) bond motifs is 1. The summed E-state index contributed by atoms with van der Waals surface area (Å²) in [7, 11) is 2.04. The third-order valence-corrected chi connectivity index (χ3v) is 4.01. The molecule has 0 unspecified atom stereocenters. The molecule has 1 saturated heterocycles. The van der Waals surface area contributed by atoms with Gasteiger partial charge in [0.05, 0.1) is 5.39 Å². The van der Waals surface area contributed by atoms with Crippen LogP contribution in [0.25, 0.3) is 11.0 Å². The average Bonchev–Trinajstić information content (AvgIpc) is 2.48. The van der Waals surface area contributed by atoms with Crippen molar-refractivity contribution in [1.29, 1.82) is 0 Å². The van der Waals surface area contributed by atoms with E-state index in [9.17, 15) is 9.59 Å². The summed E-state index contributed by atoms with van der Waals surface area (Å²) in [6.07, 6.45) is 0.569. The predicted molar refractivity (Wildman–Crippen MR) is 82.6 cm³/mol. The van der Waals surface area contributed by atoms with E-state index in [1.165, 1.54) is 6.07 Å². The highest BCUT2D eigenvalue weighted by molar-refractivity contribution is 6.31. The summed E-state index contributed by atoms with van der Waals surface area (Å²) >= 11 is 5.91. The molecular weight excluding hydrogens is 292 g/mol. The lowest BCUT2D eigenvalue weighted by molar-refractivity contribution is 0.112. The van der Waals surface area contributed by atoms with Gasteiger partial charge in [0, 0.05) is 31.2 Å². The van der Waals surface area contributed by atoms with Crippen LogP contribution in [-0.2, 0) is 0 Å². The van der Waals surface area contributed by atoms with Gasteiger partial charge < -0.3 is 14.2 Å². The minimum Gasteiger partial charge on any atom is -0.439 e. The van der Waals surface area contributed by atoms with Crippen LogP contribution in [0.3, 0.4) is 0 Å². The molecule has 2 aromatic rings. The van der Waals surface area contributed by atoms with Gasteiger partial charge in [-0.3, -0.25) is 9.59 Å². The molecule has 110 valence electrons. The standard InChI is InChI=1S/C15H15ClN2O3/c1-17-4-6-18(7-5-17)15-12(9-19)14(20)11-8-10(16)2-3-13(11)21-15/h2-3,8-9H,4-7H2,1H3. The topological polar surface area (TPSA) is 53.8 Å². The number of nitrogens with zero attached hydrogens (tertiary/aromatic N) is 2. The van der Waals surface area contributed by atoms with Crippen molar-refractivity contribution < 1.29 is 9.21 Å². The fourth-order valence-corrected chi connectivity index (χ4v) is 2.69. The molecule has 0 saturated carbocycles. The van der Waals surface area contributed by atoms with Crippen molar-refractivity contribution in [2.24, 2.45) is 0 Å². The summed E-state index contributed by atoms with van der Waals surface area (Å²) in [6, 6.07) is 4.86. The molecule has 2 heterocycles. The third kappa shape index (κ3) is 2.54. The minimum absolute atomic E-state index is 0.0642. The van der Waals surface area contributed by atoms with Gasteiger partial charge in [-0.2, -0.15) is 0 Å². The first-order valence-electron chi connectivity index (χ1n) is 6.75. The molecule has 6 heteroatoms. The van der Waals surface area contributed by atoms with Crippen LogP contribution in [0.1, 0.15) is 10.4 Å². The largest absolute Gasteiger partial charge is 0.439 e. The van der Waals surface area contributed by atoms with Gasteiger partial charge in [0.25, 0.3) is 0 Å². The minimum atomic E-state index is -0.331. The molecule has 0 radical (unpaired) electrons. The van der Waals surface area contributed by atoms with Gasteiger partial charge in [-0.05, 0) is 25.2 Å². The molecule has 1 aromatic carbocycles. The molecule has 1 fully saturated rings. The van der Waals surface area contributed by atoms with Crippen molar-refractivity contribution in [3.8, 4) is 0 Å². The Morgan fingerprint density at radius 1 is 1.24 bits per heavy atom. The molecule has 1 aliphatic rings.